The Morgan fingerprint density at radius 2 is 2.10 bits per heavy atom. The lowest BCUT2D eigenvalue weighted by molar-refractivity contribution is 0.00158. The van der Waals surface area contributed by atoms with Crippen LogP contribution in [0.3, 0.4) is 0 Å². The number of rotatable bonds is 2. The monoisotopic (exact) mass is 275 g/mol. The second kappa shape index (κ2) is 5.74. The molecule has 0 saturated carbocycles. The maximum Gasteiger partial charge on any atom is 0.119 e. The number of aliphatic hydroxyl groups is 1. The number of piperidine rings is 1. The molecule has 20 heavy (non-hydrogen) atoms. The molecule has 110 valence electrons. The Hall–Kier alpha value is -1.06. The van der Waals surface area contributed by atoms with Crippen molar-refractivity contribution < 1.29 is 9.84 Å². The summed E-state index contributed by atoms with van der Waals surface area (Å²) in [6.07, 6.45) is 5.59. The number of hydrogen-bond acceptors (Lipinski definition) is 3. The molecule has 3 nitrogen and oxygen atoms in total. The highest BCUT2D eigenvalue weighted by atomic mass is 16.5. The molecule has 1 aliphatic heterocycles. The molecular weight excluding hydrogens is 250 g/mol. The van der Waals surface area contributed by atoms with Crippen LogP contribution in [0.5, 0.6) is 5.75 Å². The number of hydrogen-bond donors (Lipinski definition) is 1. The van der Waals surface area contributed by atoms with E-state index < -0.39 is 0 Å². The van der Waals surface area contributed by atoms with Crippen molar-refractivity contribution in [1.29, 1.82) is 0 Å². The Morgan fingerprint density at radius 1 is 1.25 bits per heavy atom. The third-order valence-electron chi connectivity index (χ3n) is 5.02. The number of ether oxygens (including phenoxy) is 1. The second-order valence-corrected chi connectivity index (χ2v) is 6.20. The smallest absolute Gasteiger partial charge is 0.119 e. The molecular formula is C17H25NO2. The van der Waals surface area contributed by atoms with Crippen molar-refractivity contribution in [3.8, 4) is 5.75 Å². The average Bonchev–Trinajstić information content (AvgIpc) is 2.48. The van der Waals surface area contributed by atoms with E-state index in [-0.39, 0.29) is 12.1 Å². The van der Waals surface area contributed by atoms with Gasteiger partial charge in [-0.1, -0.05) is 12.5 Å². The first kappa shape index (κ1) is 13.9. The lowest BCUT2D eigenvalue weighted by Crippen LogP contribution is -2.49. The van der Waals surface area contributed by atoms with Gasteiger partial charge in [-0.3, -0.25) is 4.90 Å². The highest BCUT2D eigenvalue weighted by Gasteiger charge is 2.35. The van der Waals surface area contributed by atoms with Crippen molar-refractivity contribution >= 4 is 0 Å². The van der Waals surface area contributed by atoms with Gasteiger partial charge in [0, 0.05) is 12.1 Å². The number of aliphatic hydroxyl groups excluding tert-OH is 1. The quantitative estimate of drug-likeness (QED) is 0.901. The fourth-order valence-electron chi connectivity index (χ4n) is 3.84. The minimum absolute atomic E-state index is 0.284. The van der Waals surface area contributed by atoms with Crippen LogP contribution in [0, 0.1) is 0 Å². The van der Waals surface area contributed by atoms with E-state index in [0.29, 0.717) is 6.04 Å². The van der Waals surface area contributed by atoms with Crippen LogP contribution in [-0.4, -0.2) is 35.7 Å². The zero-order valence-electron chi connectivity index (χ0n) is 12.5. The summed E-state index contributed by atoms with van der Waals surface area (Å²) >= 11 is 0. The molecule has 0 radical (unpaired) electrons. The molecule has 1 aromatic rings. The van der Waals surface area contributed by atoms with Crippen LogP contribution < -0.4 is 4.74 Å². The van der Waals surface area contributed by atoms with Crippen LogP contribution in [0.15, 0.2) is 18.2 Å². The van der Waals surface area contributed by atoms with Crippen LogP contribution >= 0.6 is 0 Å². The zero-order valence-corrected chi connectivity index (χ0v) is 12.5. The Labute approximate surface area is 121 Å². The lowest BCUT2D eigenvalue weighted by Gasteiger charge is -2.44. The van der Waals surface area contributed by atoms with Gasteiger partial charge in [-0.15, -0.1) is 0 Å². The zero-order chi connectivity index (χ0) is 14.1. The number of fused-ring (bicyclic) bond motifs is 1. The molecule has 0 aromatic heterocycles. The van der Waals surface area contributed by atoms with E-state index in [2.05, 4.69) is 17.9 Å². The van der Waals surface area contributed by atoms with Crippen molar-refractivity contribution in [3.63, 3.8) is 0 Å². The third-order valence-corrected chi connectivity index (χ3v) is 5.02. The van der Waals surface area contributed by atoms with Gasteiger partial charge in [0.25, 0.3) is 0 Å². The summed E-state index contributed by atoms with van der Waals surface area (Å²) in [5.74, 6) is 0.890. The summed E-state index contributed by atoms with van der Waals surface area (Å²) in [7, 11) is 1.69. The summed E-state index contributed by atoms with van der Waals surface area (Å²) in [5, 5.41) is 10.8. The molecule has 1 N–H and O–H groups in total. The van der Waals surface area contributed by atoms with Crippen LogP contribution in [0.4, 0.5) is 0 Å². The van der Waals surface area contributed by atoms with Crippen molar-refractivity contribution in [2.45, 2.75) is 57.2 Å². The van der Waals surface area contributed by atoms with E-state index >= 15 is 0 Å². The summed E-state index contributed by atoms with van der Waals surface area (Å²) < 4.78 is 5.28. The molecule has 1 fully saturated rings. The minimum Gasteiger partial charge on any atom is -0.497 e. The number of aryl methyl sites for hydroxylation is 1. The molecule has 3 rings (SSSR count). The van der Waals surface area contributed by atoms with Gasteiger partial charge in [0.15, 0.2) is 0 Å². The average molecular weight is 275 g/mol. The van der Waals surface area contributed by atoms with Gasteiger partial charge in [-0.25, -0.2) is 0 Å². The molecule has 1 aliphatic carbocycles. The second-order valence-electron chi connectivity index (χ2n) is 6.20. The van der Waals surface area contributed by atoms with Gasteiger partial charge in [0.1, 0.15) is 5.75 Å². The van der Waals surface area contributed by atoms with E-state index in [4.69, 9.17) is 4.74 Å². The summed E-state index contributed by atoms with van der Waals surface area (Å²) in [4.78, 5) is 2.53. The molecule has 2 aliphatic rings. The topological polar surface area (TPSA) is 32.7 Å². The molecule has 0 amide bonds. The maximum atomic E-state index is 10.8. The Balaban J connectivity index is 1.83. The third kappa shape index (κ3) is 2.45. The van der Waals surface area contributed by atoms with Gasteiger partial charge in [0.05, 0.1) is 13.2 Å². The fraction of sp³-hybridized carbons (Fsp3) is 0.647. The highest BCUT2D eigenvalue weighted by molar-refractivity contribution is 5.39. The van der Waals surface area contributed by atoms with Crippen molar-refractivity contribution in [2.24, 2.45) is 0 Å². The molecule has 3 heteroatoms. The molecule has 1 heterocycles. The maximum absolute atomic E-state index is 10.8. The van der Waals surface area contributed by atoms with Gasteiger partial charge in [-0.05, 0) is 62.4 Å². The summed E-state index contributed by atoms with van der Waals surface area (Å²) in [5.41, 5.74) is 2.34. The summed E-state index contributed by atoms with van der Waals surface area (Å²) in [6.45, 7) is 3.43. The highest BCUT2D eigenvalue weighted by Crippen LogP contribution is 2.37. The minimum atomic E-state index is -0.356. The first-order valence-corrected chi connectivity index (χ1v) is 7.81. The number of likely N-dealkylation sites (tertiary alicyclic amines) is 1. The Bertz CT molecular complexity index is 474. The van der Waals surface area contributed by atoms with E-state index in [1.165, 1.54) is 24.8 Å². The van der Waals surface area contributed by atoms with E-state index in [0.717, 1.165) is 30.7 Å². The normalized spacial score (nSPS) is 30.9. The van der Waals surface area contributed by atoms with Crippen LogP contribution in [0.2, 0.25) is 0 Å². The molecule has 3 unspecified atom stereocenters. The number of methoxy groups -OCH3 is 1. The predicted molar refractivity (Wildman–Crippen MR) is 80.1 cm³/mol. The van der Waals surface area contributed by atoms with Gasteiger partial charge in [0.2, 0.25) is 0 Å². The predicted octanol–water partition coefficient (Wildman–Crippen LogP) is 2.92. The molecule has 3 atom stereocenters. The van der Waals surface area contributed by atoms with Crippen LogP contribution in [0.1, 0.15) is 49.8 Å². The van der Waals surface area contributed by atoms with Crippen molar-refractivity contribution in [3.05, 3.63) is 29.3 Å². The van der Waals surface area contributed by atoms with Gasteiger partial charge in [-0.2, -0.15) is 0 Å². The number of benzene rings is 1. The molecule has 1 saturated heterocycles. The number of nitrogens with zero attached hydrogens (tertiary/aromatic N) is 1. The first-order chi connectivity index (χ1) is 9.70. The van der Waals surface area contributed by atoms with Gasteiger partial charge < -0.3 is 9.84 Å². The van der Waals surface area contributed by atoms with E-state index in [1.807, 2.05) is 12.1 Å². The Morgan fingerprint density at radius 3 is 2.85 bits per heavy atom. The molecule has 0 spiro atoms. The molecule has 1 aromatic carbocycles. The van der Waals surface area contributed by atoms with Crippen molar-refractivity contribution in [2.75, 3.05) is 13.7 Å². The van der Waals surface area contributed by atoms with Crippen LogP contribution in [-0.2, 0) is 6.42 Å². The lowest BCUT2D eigenvalue weighted by atomic mass is 9.83. The fourth-order valence-corrected chi connectivity index (χ4v) is 3.84. The Kier molecular flexibility index (Phi) is 3.99. The largest absolute Gasteiger partial charge is 0.497 e. The SMILES string of the molecule is COc1ccc2c(c1)CCC(N1CCCCC1C)C2O. The molecule has 0 bridgehead atoms. The van der Waals surface area contributed by atoms with Crippen molar-refractivity contribution in [1.82, 2.24) is 4.90 Å². The standard InChI is InChI=1S/C17H25NO2/c1-12-5-3-4-10-18(12)16-9-6-13-11-14(20-2)7-8-15(13)17(16)19/h7-8,11-12,16-17,19H,3-6,9-10H2,1-2H3. The van der Waals surface area contributed by atoms with Crippen LogP contribution in [0.25, 0.3) is 0 Å². The van der Waals surface area contributed by atoms with E-state index in [1.54, 1.807) is 7.11 Å². The van der Waals surface area contributed by atoms with E-state index in [9.17, 15) is 5.11 Å². The summed E-state index contributed by atoms with van der Waals surface area (Å²) in [6, 6.07) is 6.97. The first-order valence-electron chi connectivity index (χ1n) is 7.81. The van der Waals surface area contributed by atoms with Gasteiger partial charge >= 0.3 is 0 Å².